The largest absolute Gasteiger partial charge is 0.348 e. The number of urea groups is 1. The molecule has 1 fully saturated rings. The molecule has 1 atom stereocenters. The van der Waals surface area contributed by atoms with E-state index < -0.39 is 6.03 Å². The van der Waals surface area contributed by atoms with Gasteiger partial charge in [0, 0.05) is 11.3 Å². The maximum absolute atomic E-state index is 12.4. The zero-order valence-electron chi connectivity index (χ0n) is 14.9. The minimum absolute atomic E-state index is 0.0497. The third-order valence-electron chi connectivity index (χ3n) is 5.01. The first-order valence-electron chi connectivity index (χ1n) is 9.08. The Bertz CT molecular complexity index is 861. The van der Waals surface area contributed by atoms with Gasteiger partial charge in [0.2, 0.25) is 5.91 Å². The molecule has 8 nitrogen and oxygen atoms in total. The highest BCUT2D eigenvalue weighted by molar-refractivity contribution is 6.04. The predicted octanol–water partition coefficient (Wildman–Crippen LogP) is 0.977. The summed E-state index contributed by atoms with van der Waals surface area (Å²) in [6.07, 6.45) is 4.50. The van der Waals surface area contributed by atoms with Gasteiger partial charge in [-0.1, -0.05) is 30.3 Å². The monoisotopic (exact) mass is 367 g/mol. The summed E-state index contributed by atoms with van der Waals surface area (Å²) in [5, 5.41) is 9.88. The van der Waals surface area contributed by atoms with Gasteiger partial charge in [-0.25, -0.2) is 4.79 Å². The molecular weight excluding hydrogens is 346 g/mol. The molecule has 4 rings (SSSR count). The van der Waals surface area contributed by atoms with Gasteiger partial charge in [-0.15, -0.1) is 0 Å². The average Bonchev–Trinajstić information content (AvgIpc) is 3.22. The number of carbonyl (C=O) groups is 3. The molecule has 0 spiro atoms. The number of fused-ring (bicyclic) bond motifs is 1. The van der Waals surface area contributed by atoms with E-state index in [0.29, 0.717) is 6.54 Å². The molecule has 1 aliphatic carbocycles. The van der Waals surface area contributed by atoms with Crippen LogP contribution in [0.1, 0.15) is 35.7 Å². The molecule has 1 aromatic heterocycles. The number of rotatable bonds is 5. The predicted molar refractivity (Wildman–Crippen MR) is 96.7 cm³/mol. The Morgan fingerprint density at radius 2 is 2.07 bits per heavy atom. The number of imide groups is 1. The van der Waals surface area contributed by atoms with Crippen molar-refractivity contribution < 1.29 is 14.4 Å². The van der Waals surface area contributed by atoms with Crippen molar-refractivity contribution in [3.63, 3.8) is 0 Å². The van der Waals surface area contributed by atoms with E-state index >= 15 is 0 Å². The molecule has 2 aliphatic rings. The lowest BCUT2D eigenvalue weighted by molar-refractivity contribution is -0.131. The molecule has 140 valence electrons. The van der Waals surface area contributed by atoms with Crippen molar-refractivity contribution in [1.29, 1.82) is 0 Å². The van der Waals surface area contributed by atoms with Gasteiger partial charge in [0.25, 0.3) is 5.91 Å². The number of amides is 4. The fourth-order valence-corrected chi connectivity index (χ4v) is 3.66. The Balaban J connectivity index is 1.45. The van der Waals surface area contributed by atoms with E-state index in [-0.39, 0.29) is 30.9 Å². The SMILES string of the molecule is O=C(CN1C(=O)CNC1=O)NC1CCCc2c1cnn2Cc1ccccc1. The molecular formula is C19H21N5O3. The molecule has 2 N–H and O–H groups in total. The Labute approximate surface area is 156 Å². The van der Waals surface area contributed by atoms with Gasteiger partial charge < -0.3 is 10.6 Å². The molecule has 0 bridgehead atoms. The Morgan fingerprint density at radius 3 is 2.81 bits per heavy atom. The maximum Gasteiger partial charge on any atom is 0.325 e. The van der Waals surface area contributed by atoms with Crippen LogP contribution in [0, 0.1) is 0 Å². The van der Waals surface area contributed by atoms with Gasteiger partial charge in [-0.3, -0.25) is 19.2 Å². The van der Waals surface area contributed by atoms with Gasteiger partial charge in [0.1, 0.15) is 6.54 Å². The first-order valence-corrected chi connectivity index (χ1v) is 9.08. The van der Waals surface area contributed by atoms with Crippen molar-refractivity contribution in [2.45, 2.75) is 31.8 Å². The van der Waals surface area contributed by atoms with Crippen molar-refractivity contribution >= 4 is 17.8 Å². The molecule has 1 saturated heterocycles. The summed E-state index contributed by atoms with van der Waals surface area (Å²) >= 11 is 0. The normalized spacial score (nSPS) is 19.0. The second-order valence-electron chi connectivity index (χ2n) is 6.84. The van der Waals surface area contributed by atoms with Crippen molar-refractivity contribution in [2.24, 2.45) is 0 Å². The van der Waals surface area contributed by atoms with Crippen LogP contribution in [0.5, 0.6) is 0 Å². The maximum atomic E-state index is 12.4. The molecule has 2 aromatic rings. The topological polar surface area (TPSA) is 96.3 Å². The zero-order chi connectivity index (χ0) is 18.8. The van der Waals surface area contributed by atoms with Crippen LogP contribution in [0.15, 0.2) is 36.5 Å². The summed E-state index contributed by atoms with van der Waals surface area (Å²) < 4.78 is 1.99. The molecule has 1 aliphatic heterocycles. The third kappa shape index (κ3) is 3.55. The summed E-state index contributed by atoms with van der Waals surface area (Å²) in [5.41, 5.74) is 3.32. The molecule has 0 radical (unpaired) electrons. The highest BCUT2D eigenvalue weighted by Crippen LogP contribution is 2.30. The zero-order valence-corrected chi connectivity index (χ0v) is 14.9. The van der Waals surface area contributed by atoms with Crippen LogP contribution < -0.4 is 10.6 Å². The first-order chi connectivity index (χ1) is 13.1. The molecule has 1 aromatic carbocycles. The van der Waals surface area contributed by atoms with Crippen molar-refractivity contribution in [3.05, 3.63) is 53.3 Å². The van der Waals surface area contributed by atoms with Crippen LogP contribution in [-0.4, -0.2) is 45.6 Å². The first kappa shape index (κ1) is 17.3. The standard InChI is InChI=1S/C19H21N5O3/c25-17(12-23-18(26)10-20-19(23)27)22-15-7-4-8-16-14(15)9-21-24(16)11-13-5-2-1-3-6-13/h1-3,5-6,9,15H,4,7-8,10-12H2,(H,20,27)(H,22,25). The van der Waals surface area contributed by atoms with Crippen LogP contribution in [-0.2, 0) is 22.6 Å². The summed E-state index contributed by atoms with van der Waals surface area (Å²) in [5.74, 6) is -0.718. The Hall–Kier alpha value is -3.16. The summed E-state index contributed by atoms with van der Waals surface area (Å²) in [4.78, 5) is 36.5. The minimum atomic E-state index is -0.518. The van der Waals surface area contributed by atoms with Crippen molar-refractivity contribution in [1.82, 2.24) is 25.3 Å². The van der Waals surface area contributed by atoms with Crippen molar-refractivity contribution in [2.75, 3.05) is 13.1 Å². The molecule has 2 heterocycles. The quantitative estimate of drug-likeness (QED) is 0.770. The van der Waals surface area contributed by atoms with Crippen LogP contribution in [0.2, 0.25) is 0 Å². The Kier molecular flexibility index (Phi) is 4.62. The van der Waals surface area contributed by atoms with Gasteiger partial charge in [0.15, 0.2) is 0 Å². The van der Waals surface area contributed by atoms with Gasteiger partial charge in [-0.2, -0.15) is 5.10 Å². The fourth-order valence-electron chi connectivity index (χ4n) is 3.66. The van der Waals surface area contributed by atoms with Crippen LogP contribution in [0.3, 0.4) is 0 Å². The lowest BCUT2D eigenvalue weighted by Gasteiger charge is -2.25. The lowest BCUT2D eigenvalue weighted by atomic mass is 9.93. The second-order valence-corrected chi connectivity index (χ2v) is 6.84. The van der Waals surface area contributed by atoms with E-state index in [9.17, 15) is 14.4 Å². The number of benzene rings is 1. The van der Waals surface area contributed by atoms with E-state index in [1.807, 2.05) is 29.1 Å². The van der Waals surface area contributed by atoms with E-state index in [2.05, 4.69) is 27.9 Å². The number of hydrogen-bond donors (Lipinski definition) is 2. The summed E-state index contributed by atoms with van der Waals surface area (Å²) in [6.45, 7) is 0.389. The minimum Gasteiger partial charge on any atom is -0.348 e. The van der Waals surface area contributed by atoms with E-state index in [4.69, 9.17) is 0 Å². The van der Waals surface area contributed by atoms with Crippen LogP contribution >= 0.6 is 0 Å². The Morgan fingerprint density at radius 1 is 1.26 bits per heavy atom. The smallest absolute Gasteiger partial charge is 0.325 e. The van der Waals surface area contributed by atoms with Crippen LogP contribution in [0.4, 0.5) is 4.79 Å². The van der Waals surface area contributed by atoms with Crippen LogP contribution in [0.25, 0.3) is 0 Å². The fraction of sp³-hybridized carbons (Fsp3) is 0.368. The summed E-state index contributed by atoms with van der Waals surface area (Å²) in [6, 6.07) is 9.46. The molecule has 0 saturated carbocycles. The molecule has 27 heavy (non-hydrogen) atoms. The number of aromatic nitrogens is 2. The third-order valence-corrected chi connectivity index (χ3v) is 5.01. The van der Waals surface area contributed by atoms with Gasteiger partial charge in [0.05, 0.1) is 25.3 Å². The lowest BCUT2D eigenvalue weighted by Crippen LogP contribution is -2.42. The summed E-state index contributed by atoms with van der Waals surface area (Å²) in [7, 11) is 0. The molecule has 8 heteroatoms. The molecule has 4 amide bonds. The number of nitrogens with one attached hydrogen (secondary N) is 2. The average molecular weight is 367 g/mol. The number of carbonyl (C=O) groups excluding carboxylic acids is 3. The van der Waals surface area contributed by atoms with E-state index in [0.717, 1.165) is 35.4 Å². The van der Waals surface area contributed by atoms with Crippen molar-refractivity contribution in [3.8, 4) is 0 Å². The second kappa shape index (κ2) is 7.22. The number of nitrogens with zero attached hydrogens (tertiary/aromatic N) is 3. The molecule has 1 unspecified atom stereocenters. The van der Waals surface area contributed by atoms with Gasteiger partial charge in [-0.05, 0) is 24.8 Å². The number of hydrogen-bond acceptors (Lipinski definition) is 4. The highest BCUT2D eigenvalue weighted by Gasteiger charge is 2.32. The highest BCUT2D eigenvalue weighted by atomic mass is 16.2. The van der Waals surface area contributed by atoms with E-state index in [1.54, 1.807) is 0 Å². The van der Waals surface area contributed by atoms with Gasteiger partial charge >= 0.3 is 6.03 Å². The van der Waals surface area contributed by atoms with E-state index in [1.165, 1.54) is 5.56 Å².